The van der Waals surface area contributed by atoms with E-state index in [2.05, 4.69) is 4.98 Å². The Morgan fingerprint density at radius 2 is 2.03 bits per heavy atom. The standard InChI is InChI=1S/C24H28N2O5/c1-30-21-9-8-17(13-22(21)31-20-6-2-3-7-20)19-12-18(11-16-5-4-10-25-14-16)23(27)26(15-19)24(28)29/h4-5,8-10,13-14,18-20H,2-3,6-7,11-12,15H2,1H3,(H,28,29). The zero-order valence-electron chi connectivity index (χ0n) is 17.7. The van der Waals surface area contributed by atoms with Crippen LogP contribution in [0.25, 0.3) is 0 Å². The highest BCUT2D eigenvalue weighted by atomic mass is 16.5. The lowest BCUT2D eigenvalue weighted by Crippen LogP contribution is -2.47. The number of piperidine rings is 1. The second-order valence-corrected chi connectivity index (χ2v) is 8.36. The van der Waals surface area contributed by atoms with E-state index in [4.69, 9.17) is 9.47 Å². The Bertz CT molecular complexity index is 927. The van der Waals surface area contributed by atoms with Gasteiger partial charge in [-0.15, -0.1) is 0 Å². The van der Waals surface area contributed by atoms with Crippen LogP contribution in [0.1, 0.15) is 49.1 Å². The maximum absolute atomic E-state index is 12.8. The number of benzene rings is 1. The fourth-order valence-corrected chi connectivity index (χ4v) is 4.66. The van der Waals surface area contributed by atoms with Crippen molar-refractivity contribution in [3.05, 3.63) is 53.9 Å². The van der Waals surface area contributed by atoms with Crippen molar-refractivity contribution in [2.24, 2.45) is 5.92 Å². The third-order valence-corrected chi connectivity index (χ3v) is 6.28. The van der Waals surface area contributed by atoms with Gasteiger partial charge in [0, 0.05) is 30.8 Å². The highest BCUT2D eigenvalue weighted by Crippen LogP contribution is 2.38. The van der Waals surface area contributed by atoms with Gasteiger partial charge in [-0.25, -0.2) is 9.69 Å². The molecule has 31 heavy (non-hydrogen) atoms. The molecule has 1 aliphatic carbocycles. The summed E-state index contributed by atoms with van der Waals surface area (Å²) < 4.78 is 11.7. The van der Waals surface area contributed by atoms with E-state index in [1.54, 1.807) is 19.5 Å². The molecule has 0 bridgehead atoms. The van der Waals surface area contributed by atoms with E-state index >= 15 is 0 Å². The first-order valence-corrected chi connectivity index (χ1v) is 10.8. The van der Waals surface area contributed by atoms with Crippen LogP contribution in [0, 0.1) is 5.92 Å². The lowest BCUT2D eigenvalue weighted by Gasteiger charge is -2.35. The van der Waals surface area contributed by atoms with Crippen LogP contribution in [0.3, 0.4) is 0 Å². The maximum atomic E-state index is 12.8. The number of ether oxygens (including phenoxy) is 2. The number of methoxy groups -OCH3 is 1. The molecule has 2 unspecified atom stereocenters. The van der Waals surface area contributed by atoms with E-state index in [1.165, 1.54) is 12.8 Å². The van der Waals surface area contributed by atoms with Crippen LogP contribution in [0.15, 0.2) is 42.7 Å². The van der Waals surface area contributed by atoms with E-state index in [0.29, 0.717) is 24.3 Å². The third-order valence-electron chi connectivity index (χ3n) is 6.28. The second-order valence-electron chi connectivity index (χ2n) is 8.36. The van der Waals surface area contributed by atoms with Crippen LogP contribution in [0.2, 0.25) is 0 Å². The van der Waals surface area contributed by atoms with Gasteiger partial charge in [-0.3, -0.25) is 9.78 Å². The molecule has 2 aromatic rings. The SMILES string of the molecule is COc1ccc(C2CC(Cc3cccnc3)C(=O)N(C(=O)O)C2)cc1OC1CCCC1. The minimum atomic E-state index is -1.21. The molecular weight excluding hydrogens is 396 g/mol. The Hall–Kier alpha value is -3.09. The average Bonchev–Trinajstić information content (AvgIpc) is 3.29. The molecule has 7 nitrogen and oxygen atoms in total. The lowest BCUT2D eigenvalue weighted by atomic mass is 9.81. The van der Waals surface area contributed by atoms with Gasteiger partial charge in [0.15, 0.2) is 11.5 Å². The number of carboxylic acid groups (broad SMARTS) is 1. The first kappa shape index (κ1) is 21.2. The molecule has 2 fully saturated rings. The monoisotopic (exact) mass is 424 g/mol. The van der Waals surface area contributed by atoms with Gasteiger partial charge >= 0.3 is 6.09 Å². The number of rotatable bonds is 6. The number of amides is 2. The van der Waals surface area contributed by atoms with E-state index in [1.807, 2.05) is 30.3 Å². The van der Waals surface area contributed by atoms with Crippen molar-refractivity contribution < 1.29 is 24.2 Å². The molecule has 2 amide bonds. The molecule has 1 N–H and O–H groups in total. The number of likely N-dealkylation sites (tertiary alicyclic amines) is 1. The summed E-state index contributed by atoms with van der Waals surface area (Å²) in [7, 11) is 1.62. The number of carbonyl (C=O) groups excluding carboxylic acids is 1. The molecule has 2 heterocycles. The summed E-state index contributed by atoms with van der Waals surface area (Å²) in [6.45, 7) is 0.146. The molecule has 2 atom stereocenters. The summed E-state index contributed by atoms with van der Waals surface area (Å²) in [5.74, 6) is 0.496. The van der Waals surface area contributed by atoms with E-state index in [9.17, 15) is 14.7 Å². The van der Waals surface area contributed by atoms with Crippen LogP contribution in [0.5, 0.6) is 11.5 Å². The van der Waals surface area contributed by atoms with Gasteiger partial charge < -0.3 is 14.6 Å². The first-order chi connectivity index (χ1) is 15.0. The summed E-state index contributed by atoms with van der Waals surface area (Å²) >= 11 is 0. The van der Waals surface area contributed by atoms with Gasteiger partial charge in [-0.05, 0) is 67.9 Å². The lowest BCUT2D eigenvalue weighted by molar-refractivity contribution is -0.136. The number of hydrogen-bond acceptors (Lipinski definition) is 5. The molecule has 1 aromatic carbocycles. The summed E-state index contributed by atoms with van der Waals surface area (Å²) in [5.41, 5.74) is 1.88. The van der Waals surface area contributed by atoms with Gasteiger partial charge in [0.1, 0.15) is 0 Å². The van der Waals surface area contributed by atoms with Crippen molar-refractivity contribution in [3.63, 3.8) is 0 Å². The molecule has 164 valence electrons. The van der Waals surface area contributed by atoms with Gasteiger partial charge in [0.05, 0.1) is 13.2 Å². The van der Waals surface area contributed by atoms with Crippen LogP contribution < -0.4 is 9.47 Å². The van der Waals surface area contributed by atoms with Gasteiger partial charge in [-0.2, -0.15) is 0 Å². The quantitative estimate of drug-likeness (QED) is 0.745. The number of pyridine rings is 1. The topological polar surface area (TPSA) is 89.0 Å². The fraction of sp³-hybridized carbons (Fsp3) is 0.458. The average molecular weight is 424 g/mol. The zero-order valence-corrected chi connectivity index (χ0v) is 17.7. The summed E-state index contributed by atoms with van der Waals surface area (Å²) in [6, 6.07) is 9.51. The van der Waals surface area contributed by atoms with Gasteiger partial charge in [-0.1, -0.05) is 12.1 Å². The van der Waals surface area contributed by atoms with Crippen molar-refractivity contribution in [2.45, 2.75) is 50.5 Å². The van der Waals surface area contributed by atoms with Crippen LogP contribution in [0.4, 0.5) is 4.79 Å². The third kappa shape index (κ3) is 4.81. The molecule has 1 aliphatic heterocycles. The number of carbonyl (C=O) groups is 2. The summed E-state index contributed by atoms with van der Waals surface area (Å²) in [4.78, 5) is 29.7. The van der Waals surface area contributed by atoms with Crippen LogP contribution in [-0.2, 0) is 11.2 Å². The minimum Gasteiger partial charge on any atom is -0.493 e. The molecule has 7 heteroatoms. The minimum absolute atomic E-state index is 0.104. The number of imide groups is 1. The normalized spacial score (nSPS) is 21.8. The second kappa shape index (κ2) is 9.37. The molecule has 0 radical (unpaired) electrons. The van der Waals surface area contributed by atoms with E-state index in [0.717, 1.165) is 28.9 Å². The highest BCUT2D eigenvalue weighted by Gasteiger charge is 2.38. The van der Waals surface area contributed by atoms with Gasteiger partial charge in [0.25, 0.3) is 0 Å². The first-order valence-electron chi connectivity index (χ1n) is 10.8. The largest absolute Gasteiger partial charge is 0.493 e. The number of nitrogens with zero attached hydrogens (tertiary/aromatic N) is 2. The van der Waals surface area contributed by atoms with Crippen molar-refractivity contribution in [2.75, 3.05) is 13.7 Å². The molecular formula is C24H28N2O5. The Kier molecular flexibility index (Phi) is 6.39. The molecule has 4 rings (SSSR count). The van der Waals surface area contributed by atoms with E-state index in [-0.39, 0.29) is 24.5 Å². The molecule has 1 saturated heterocycles. The zero-order chi connectivity index (χ0) is 21.8. The van der Waals surface area contributed by atoms with Crippen molar-refractivity contribution in [3.8, 4) is 11.5 Å². The smallest absolute Gasteiger partial charge is 0.414 e. The molecule has 0 spiro atoms. The van der Waals surface area contributed by atoms with Crippen LogP contribution in [-0.4, -0.2) is 46.7 Å². The molecule has 2 aliphatic rings. The molecule has 1 aromatic heterocycles. The fourth-order valence-electron chi connectivity index (χ4n) is 4.66. The highest BCUT2D eigenvalue weighted by molar-refractivity contribution is 5.93. The van der Waals surface area contributed by atoms with Crippen molar-refractivity contribution in [1.82, 2.24) is 9.88 Å². The van der Waals surface area contributed by atoms with E-state index < -0.39 is 12.0 Å². The van der Waals surface area contributed by atoms with Crippen molar-refractivity contribution >= 4 is 12.0 Å². The Balaban J connectivity index is 1.59. The van der Waals surface area contributed by atoms with Crippen molar-refractivity contribution in [1.29, 1.82) is 0 Å². The Labute approximate surface area is 182 Å². The summed E-state index contributed by atoms with van der Waals surface area (Å²) in [5, 5.41) is 9.63. The maximum Gasteiger partial charge on any atom is 0.414 e. The molecule has 1 saturated carbocycles. The predicted octanol–water partition coefficient (Wildman–Crippen LogP) is 4.26. The van der Waals surface area contributed by atoms with Gasteiger partial charge in [0.2, 0.25) is 5.91 Å². The number of aromatic nitrogens is 1. The Morgan fingerprint density at radius 1 is 1.23 bits per heavy atom. The predicted molar refractivity (Wildman–Crippen MR) is 114 cm³/mol. The Morgan fingerprint density at radius 3 is 2.71 bits per heavy atom. The summed E-state index contributed by atoms with van der Waals surface area (Å²) in [6.07, 6.45) is 7.83. The number of hydrogen-bond donors (Lipinski definition) is 1. The van der Waals surface area contributed by atoms with Crippen LogP contribution >= 0.6 is 0 Å².